The maximum absolute atomic E-state index is 12.0. The van der Waals surface area contributed by atoms with E-state index in [2.05, 4.69) is 22.2 Å². The third kappa shape index (κ3) is 3.44. The molecule has 2 heterocycles. The largest absolute Gasteiger partial charge is 0.370 e. The predicted molar refractivity (Wildman–Crippen MR) is 80.1 cm³/mol. The van der Waals surface area contributed by atoms with Gasteiger partial charge in [0, 0.05) is 24.5 Å². The van der Waals surface area contributed by atoms with Crippen molar-refractivity contribution in [3.05, 3.63) is 51.8 Å². The molecular formula is C15H20N4O. The molecule has 2 rings (SSSR count). The third-order valence-corrected chi connectivity index (χ3v) is 3.05. The molecule has 0 unspecified atom stereocenters. The highest BCUT2D eigenvalue weighted by Crippen LogP contribution is 2.07. The monoisotopic (exact) mass is 272 g/mol. The van der Waals surface area contributed by atoms with Crippen LogP contribution in [0.1, 0.15) is 30.4 Å². The first-order valence-electron chi connectivity index (χ1n) is 6.84. The Morgan fingerprint density at radius 1 is 1.30 bits per heavy atom. The van der Waals surface area contributed by atoms with Crippen LogP contribution in [0.3, 0.4) is 0 Å². The Kier molecular flexibility index (Phi) is 4.50. The molecule has 0 atom stereocenters. The summed E-state index contributed by atoms with van der Waals surface area (Å²) in [5.74, 6) is 1.59. The highest BCUT2D eigenvalue weighted by Gasteiger charge is 2.04. The molecule has 0 fully saturated rings. The highest BCUT2D eigenvalue weighted by molar-refractivity contribution is 5.35. The van der Waals surface area contributed by atoms with Gasteiger partial charge in [0.25, 0.3) is 5.56 Å². The van der Waals surface area contributed by atoms with Crippen molar-refractivity contribution in [1.29, 1.82) is 0 Å². The van der Waals surface area contributed by atoms with E-state index in [-0.39, 0.29) is 5.56 Å². The zero-order valence-corrected chi connectivity index (χ0v) is 12.2. The number of aromatic nitrogens is 3. The van der Waals surface area contributed by atoms with Crippen LogP contribution in [0.5, 0.6) is 0 Å². The van der Waals surface area contributed by atoms with E-state index in [1.807, 2.05) is 26.0 Å². The third-order valence-electron chi connectivity index (χ3n) is 3.05. The number of nitrogens with zero attached hydrogens (tertiary/aromatic N) is 3. The van der Waals surface area contributed by atoms with Crippen LogP contribution in [0.2, 0.25) is 0 Å². The number of anilines is 1. The molecule has 2 aromatic rings. The van der Waals surface area contributed by atoms with E-state index in [0.717, 1.165) is 35.9 Å². The molecule has 1 N–H and O–H groups in total. The van der Waals surface area contributed by atoms with E-state index in [1.165, 1.54) is 0 Å². The van der Waals surface area contributed by atoms with Gasteiger partial charge in [-0.3, -0.25) is 9.36 Å². The number of pyridine rings is 1. The summed E-state index contributed by atoms with van der Waals surface area (Å²) in [4.78, 5) is 20.6. The molecule has 0 radical (unpaired) electrons. The van der Waals surface area contributed by atoms with Crippen molar-refractivity contribution in [2.75, 3.05) is 11.9 Å². The van der Waals surface area contributed by atoms with Gasteiger partial charge in [0.1, 0.15) is 11.6 Å². The van der Waals surface area contributed by atoms with Crippen molar-refractivity contribution in [3.8, 4) is 0 Å². The topological polar surface area (TPSA) is 59.8 Å². The van der Waals surface area contributed by atoms with E-state index in [1.54, 1.807) is 16.8 Å². The maximum atomic E-state index is 12.0. The van der Waals surface area contributed by atoms with Crippen LogP contribution in [0, 0.1) is 13.8 Å². The number of aryl methyl sites for hydroxylation is 2. The van der Waals surface area contributed by atoms with Crippen molar-refractivity contribution in [2.24, 2.45) is 0 Å². The molecular weight excluding hydrogens is 252 g/mol. The molecule has 0 aromatic carbocycles. The predicted octanol–water partition coefficient (Wildman–Crippen LogP) is 2.13. The average Bonchev–Trinajstić information content (AvgIpc) is 2.42. The second kappa shape index (κ2) is 6.32. The fraction of sp³-hybridized carbons (Fsp3) is 0.400. The Morgan fingerprint density at radius 2 is 2.10 bits per heavy atom. The second-order valence-corrected chi connectivity index (χ2v) is 4.85. The van der Waals surface area contributed by atoms with Gasteiger partial charge < -0.3 is 5.32 Å². The molecule has 0 spiro atoms. The summed E-state index contributed by atoms with van der Waals surface area (Å²) in [5.41, 5.74) is 1.71. The van der Waals surface area contributed by atoms with Gasteiger partial charge in [0.2, 0.25) is 0 Å². The maximum Gasteiger partial charge on any atom is 0.254 e. The fourth-order valence-corrected chi connectivity index (χ4v) is 2.01. The van der Waals surface area contributed by atoms with Gasteiger partial charge in [0.05, 0.1) is 6.54 Å². The summed E-state index contributed by atoms with van der Waals surface area (Å²) in [5, 5.41) is 3.22. The normalized spacial score (nSPS) is 10.6. The van der Waals surface area contributed by atoms with Gasteiger partial charge in [-0.1, -0.05) is 13.0 Å². The standard InChI is InChI=1S/C15H20N4O/c1-4-7-16-14-6-5-13(9-17-14)10-19-12(3)18-11(2)8-15(19)20/h5-6,8-9H,4,7,10H2,1-3H3,(H,16,17). The van der Waals surface area contributed by atoms with E-state index in [9.17, 15) is 4.79 Å². The average molecular weight is 272 g/mol. The van der Waals surface area contributed by atoms with E-state index in [4.69, 9.17) is 0 Å². The molecule has 106 valence electrons. The van der Waals surface area contributed by atoms with Gasteiger partial charge >= 0.3 is 0 Å². The Balaban J connectivity index is 2.16. The molecule has 0 saturated carbocycles. The molecule has 5 nitrogen and oxygen atoms in total. The quantitative estimate of drug-likeness (QED) is 0.905. The molecule has 0 amide bonds. The first-order chi connectivity index (χ1) is 9.60. The molecule has 0 aliphatic rings. The lowest BCUT2D eigenvalue weighted by Crippen LogP contribution is -2.24. The van der Waals surface area contributed by atoms with Crippen LogP contribution in [0.4, 0.5) is 5.82 Å². The fourth-order valence-electron chi connectivity index (χ4n) is 2.01. The van der Waals surface area contributed by atoms with Gasteiger partial charge in [-0.2, -0.15) is 0 Å². The Hall–Kier alpha value is -2.17. The molecule has 5 heteroatoms. The van der Waals surface area contributed by atoms with Crippen molar-refractivity contribution >= 4 is 5.82 Å². The van der Waals surface area contributed by atoms with Gasteiger partial charge in [-0.25, -0.2) is 9.97 Å². The van der Waals surface area contributed by atoms with Gasteiger partial charge in [0.15, 0.2) is 0 Å². The van der Waals surface area contributed by atoms with Crippen LogP contribution in [0.25, 0.3) is 0 Å². The summed E-state index contributed by atoms with van der Waals surface area (Å²) in [6.07, 6.45) is 2.86. The number of hydrogen-bond donors (Lipinski definition) is 1. The number of rotatable bonds is 5. The molecule has 20 heavy (non-hydrogen) atoms. The summed E-state index contributed by atoms with van der Waals surface area (Å²) >= 11 is 0. The molecule has 0 saturated heterocycles. The van der Waals surface area contributed by atoms with Crippen LogP contribution < -0.4 is 10.9 Å². The zero-order chi connectivity index (χ0) is 14.5. The lowest BCUT2D eigenvalue weighted by molar-refractivity contribution is 0.692. The zero-order valence-electron chi connectivity index (χ0n) is 12.2. The summed E-state index contributed by atoms with van der Waals surface area (Å²) in [6.45, 7) is 7.19. The lowest BCUT2D eigenvalue weighted by atomic mass is 10.2. The summed E-state index contributed by atoms with van der Waals surface area (Å²) in [6, 6.07) is 5.47. The Bertz CT molecular complexity index is 631. The van der Waals surface area contributed by atoms with E-state index in [0.29, 0.717) is 6.54 Å². The first kappa shape index (κ1) is 14.2. The summed E-state index contributed by atoms with van der Waals surface area (Å²) in [7, 11) is 0. The van der Waals surface area contributed by atoms with Crippen LogP contribution in [-0.4, -0.2) is 21.1 Å². The Labute approximate surface area is 118 Å². The second-order valence-electron chi connectivity index (χ2n) is 4.85. The lowest BCUT2D eigenvalue weighted by Gasteiger charge is -2.10. The number of nitrogens with one attached hydrogen (secondary N) is 1. The SMILES string of the molecule is CCCNc1ccc(Cn2c(C)nc(C)cc2=O)cn1. The van der Waals surface area contributed by atoms with Crippen LogP contribution in [0.15, 0.2) is 29.2 Å². The minimum absolute atomic E-state index is 0.0248. The Morgan fingerprint density at radius 3 is 2.70 bits per heavy atom. The van der Waals surface area contributed by atoms with Crippen molar-refractivity contribution in [2.45, 2.75) is 33.7 Å². The molecule has 0 bridgehead atoms. The highest BCUT2D eigenvalue weighted by atomic mass is 16.1. The van der Waals surface area contributed by atoms with Gasteiger partial charge in [-0.15, -0.1) is 0 Å². The number of hydrogen-bond acceptors (Lipinski definition) is 4. The first-order valence-corrected chi connectivity index (χ1v) is 6.84. The minimum atomic E-state index is -0.0248. The van der Waals surface area contributed by atoms with Crippen molar-refractivity contribution in [1.82, 2.24) is 14.5 Å². The minimum Gasteiger partial charge on any atom is -0.370 e. The molecule has 0 aliphatic carbocycles. The smallest absolute Gasteiger partial charge is 0.254 e. The van der Waals surface area contributed by atoms with Crippen LogP contribution >= 0.6 is 0 Å². The van der Waals surface area contributed by atoms with Gasteiger partial charge in [-0.05, 0) is 31.9 Å². The van der Waals surface area contributed by atoms with Crippen molar-refractivity contribution < 1.29 is 0 Å². The summed E-state index contributed by atoms with van der Waals surface area (Å²) < 4.78 is 1.66. The van der Waals surface area contributed by atoms with E-state index < -0.39 is 0 Å². The molecule has 2 aromatic heterocycles. The van der Waals surface area contributed by atoms with Crippen LogP contribution in [-0.2, 0) is 6.54 Å². The van der Waals surface area contributed by atoms with E-state index >= 15 is 0 Å². The van der Waals surface area contributed by atoms with Crippen molar-refractivity contribution in [3.63, 3.8) is 0 Å². The molecule has 0 aliphatic heterocycles.